The second kappa shape index (κ2) is 9.34. The smallest absolute Gasteiger partial charge is 0.289 e. The number of hydrogen-bond acceptors (Lipinski definition) is 6. The molecule has 0 saturated carbocycles. The maximum absolute atomic E-state index is 12.9. The second-order valence-corrected chi connectivity index (χ2v) is 6.91. The zero-order valence-corrected chi connectivity index (χ0v) is 16.5. The van der Waals surface area contributed by atoms with Crippen LogP contribution < -0.4 is 5.32 Å². The molecule has 2 amide bonds. The van der Waals surface area contributed by atoms with Crippen molar-refractivity contribution in [1.29, 1.82) is 0 Å². The fourth-order valence-electron chi connectivity index (χ4n) is 3.16. The average Bonchev–Trinajstić information content (AvgIpc) is 3.25. The molecule has 1 aliphatic rings. The van der Waals surface area contributed by atoms with Crippen molar-refractivity contribution in [2.45, 2.75) is 33.1 Å². The summed E-state index contributed by atoms with van der Waals surface area (Å²) < 4.78 is 5.17. The number of anilines is 1. The van der Waals surface area contributed by atoms with Crippen LogP contribution in [0.15, 0.2) is 28.9 Å². The molecule has 150 valence electrons. The first-order chi connectivity index (χ1) is 13.6. The third kappa shape index (κ3) is 4.88. The number of nitrogens with one attached hydrogen (secondary N) is 1. The molecule has 0 bridgehead atoms. The fourth-order valence-corrected chi connectivity index (χ4v) is 3.16. The van der Waals surface area contributed by atoms with E-state index < -0.39 is 0 Å². The average molecular weight is 385 g/mol. The number of aryl methyl sites for hydroxylation is 1. The van der Waals surface area contributed by atoms with Crippen molar-refractivity contribution in [3.05, 3.63) is 41.6 Å². The largest absolute Gasteiger partial charge is 0.459 e. The van der Waals surface area contributed by atoms with Crippen LogP contribution in [0.2, 0.25) is 0 Å². The summed E-state index contributed by atoms with van der Waals surface area (Å²) in [6.07, 6.45) is 4.82. The lowest BCUT2D eigenvalue weighted by Gasteiger charge is -2.34. The summed E-state index contributed by atoms with van der Waals surface area (Å²) in [6, 6.07) is 5.05. The highest BCUT2D eigenvalue weighted by atomic mass is 16.3. The highest BCUT2D eigenvalue weighted by Crippen LogP contribution is 2.13. The lowest BCUT2D eigenvalue weighted by molar-refractivity contribution is 0.0515. The van der Waals surface area contributed by atoms with E-state index in [0.717, 1.165) is 31.5 Å². The third-order valence-electron chi connectivity index (χ3n) is 4.72. The second-order valence-electron chi connectivity index (χ2n) is 6.91. The first-order valence-electron chi connectivity index (χ1n) is 9.80. The van der Waals surface area contributed by atoms with Gasteiger partial charge >= 0.3 is 0 Å². The zero-order chi connectivity index (χ0) is 19.9. The van der Waals surface area contributed by atoms with Gasteiger partial charge in [0.1, 0.15) is 5.69 Å². The normalized spacial score (nSPS) is 14.2. The Morgan fingerprint density at radius 2 is 1.82 bits per heavy atom. The van der Waals surface area contributed by atoms with Crippen LogP contribution in [0.3, 0.4) is 0 Å². The van der Waals surface area contributed by atoms with Crippen LogP contribution in [0, 0.1) is 6.92 Å². The molecule has 0 radical (unpaired) electrons. The molecule has 0 atom stereocenters. The van der Waals surface area contributed by atoms with Gasteiger partial charge in [0.05, 0.1) is 6.26 Å². The molecule has 0 spiro atoms. The highest BCUT2D eigenvalue weighted by molar-refractivity contribution is 5.94. The molecule has 3 heterocycles. The Bertz CT molecular complexity index is 798. The summed E-state index contributed by atoms with van der Waals surface area (Å²) in [6.45, 7) is 6.67. The Morgan fingerprint density at radius 3 is 2.46 bits per heavy atom. The Balaban J connectivity index is 1.58. The number of hydrogen-bond donors (Lipinski definition) is 1. The molecular formula is C20H27N5O3. The SMILES string of the molecule is CCCCCNc1nc(C)cc(C(=O)N2CCN(C(=O)c3ccco3)CC2)n1. The number of piperazine rings is 1. The monoisotopic (exact) mass is 385 g/mol. The van der Waals surface area contributed by atoms with E-state index >= 15 is 0 Å². The van der Waals surface area contributed by atoms with E-state index in [1.807, 2.05) is 6.92 Å². The summed E-state index contributed by atoms with van der Waals surface area (Å²) in [5.41, 5.74) is 1.14. The molecule has 1 fully saturated rings. The van der Waals surface area contributed by atoms with Crippen LogP contribution in [0.25, 0.3) is 0 Å². The predicted molar refractivity (Wildman–Crippen MR) is 105 cm³/mol. The van der Waals surface area contributed by atoms with Crippen LogP contribution in [-0.4, -0.2) is 64.3 Å². The van der Waals surface area contributed by atoms with Crippen molar-refractivity contribution in [3.8, 4) is 0 Å². The number of aromatic nitrogens is 2. The van der Waals surface area contributed by atoms with Crippen molar-refractivity contribution in [2.75, 3.05) is 38.0 Å². The number of amides is 2. The lowest BCUT2D eigenvalue weighted by Crippen LogP contribution is -2.50. The van der Waals surface area contributed by atoms with Crippen molar-refractivity contribution in [2.24, 2.45) is 0 Å². The minimum Gasteiger partial charge on any atom is -0.459 e. The van der Waals surface area contributed by atoms with Crippen molar-refractivity contribution < 1.29 is 14.0 Å². The van der Waals surface area contributed by atoms with Gasteiger partial charge in [0, 0.05) is 38.4 Å². The Morgan fingerprint density at radius 1 is 1.11 bits per heavy atom. The standard InChI is InChI=1S/C20H27N5O3/c1-3-4-5-8-21-20-22-15(2)14-16(23-20)18(26)24-9-11-25(12-10-24)19(27)17-7-6-13-28-17/h6-7,13-14H,3-5,8-12H2,1-2H3,(H,21,22,23). The van der Waals surface area contributed by atoms with Gasteiger partial charge in [-0.2, -0.15) is 0 Å². The van der Waals surface area contributed by atoms with E-state index in [2.05, 4.69) is 22.2 Å². The van der Waals surface area contributed by atoms with E-state index in [4.69, 9.17) is 4.42 Å². The van der Waals surface area contributed by atoms with Crippen LogP contribution in [0.5, 0.6) is 0 Å². The number of carbonyl (C=O) groups excluding carboxylic acids is 2. The molecule has 0 aromatic carbocycles. The van der Waals surface area contributed by atoms with E-state index in [-0.39, 0.29) is 11.8 Å². The van der Waals surface area contributed by atoms with Gasteiger partial charge in [-0.05, 0) is 31.5 Å². The van der Waals surface area contributed by atoms with Crippen LogP contribution >= 0.6 is 0 Å². The summed E-state index contributed by atoms with van der Waals surface area (Å²) >= 11 is 0. The number of furan rings is 1. The number of rotatable bonds is 7. The van der Waals surface area contributed by atoms with Crippen molar-refractivity contribution in [3.63, 3.8) is 0 Å². The minimum atomic E-state index is -0.145. The molecule has 8 heteroatoms. The van der Waals surface area contributed by atoms with Gasteiger partial charge in [0.15, 0.2) is 5.76 Å². The van der Waals surface area contributed by atoms with E-state index in [1.54, 1.807) is 28.0 Å². The molecule has 1 aliphatic heterocycles. The van der Waals surface area contributed by atoms with Gasteiger partial charge in [-0.25, -0.2) is 9.97 Å². The van der Waals surface area contributed by atoms with Gasteiger partial charge < -0.3 is 19.5 Å². The molecule has 3 rings (SSSR count). The third-order valence-corrected chi connectivity index (χ3v) is 4.72. The predicted octanol–water partition coefficient (Wildman–Crippen LogP) is 2.58. The maximum atomic E-state index is 12.9. The molecule has 1 saturated heterocycles. The summed E-state index contributed by atoms with van der Waals surface area (Å²) in [7, 11) is 0. The van der Waals surface area contributed by atoms with Crippen molar-refractivity contribution in [1.82, 2.24) is 19.8 Å². The zero-order valence-electron chi connectivity index (χ0n) is 16.5. The molecule has 8 nitrogen and oxygen atoms in total. The van der Waals surface area contributed by atoms with Crippen molar-refractivity contribution >= 4 is 17.8 Å². The fraction of sp³-hybridized carbons (Fsp3) is 0.500. The van der Waals surface area contributed by atoms with Crippen LogP contribution in [0.1, 0.15) is 52.9 Å². The van der Waals surface area contributed by atoms with E-state index in [9.17, 15) is 9.59 Å². The molecule has 28 heavy (non-hydrogen) atoms. The first kappa shape index (κ1) is 19.9. The molecule has 0 unspecified atom stereocenters. The van der Waals surface area contributed by atoms with Gasteiger partial charge in [-0.15, -0.1) is 0 Å². The van der Waals surface area contributed by atoms with E-state index in [0.29, 0.717) is 43.6 Å². The van der Waals surface area contributed by atoms with Gasteiger partial charge in [0.2, 0.25) is 5.95 Å². The maximum Gasteiger partial charge on any atom is 0.289 e. The number of unbranched alkanes of at least 4 members (excludes halogenated alkanes) is 2. The van der Waals surface area contributed by atoms with Gasteiger partial charge in [0.25, 0.3) is 11.8 Å². The summed E-state index contributed by atoms with van der Waals surface area (Å²) in [4.78, 5) is 37.4. The molecule has 0 aliphatic carbocycles. The molecule has 2 aromatic rings. The highest BCUT2D eigenvalue weighted by Gasteiger charge is 2.27. The Labute approximate surface area is 164 Å². The summed E-state index contributed by atoms with van der Waals surface area (Å²) in [5.74, 6) is 0.539. The Kier molecular flexibility index (Phi) is 6.62. The van der Waals surface area contributed by atoms with Gasteiger partial charge in [-0.1, -0.05) is 19.8 Å². The first-order valence-corrected chi connectivity index (χ1v) is 9.80. The van der Waals surface area contributed by atoms with Crippen LogP contribution in [0.4, 0.5) is 5.95 Å². The quantitative estimate of drug-likeness (QED) is 0.737. The minimum absolute atomic E-state index is 0.132. The summed E-state index contributed by atoms with van der Waals surface area (Å²) in [5, 5.41) is 3.20. The Hall–Kier alpha value is -2.90. The lowest BCUT2D eigenvalue weighted by atomic mass is 10.2. The molecule has 1 N–H and O–H groups in total. The van der Waals surface area contributed by atoms with E-state index in [1.165, 1.54) is 6.26 Å². The molecule has 2 aromatic heterocycles. The van der Waals surface area contributed by atoms with Crippen LogP contribution in [-0.2, 0) is 0 Å². The number of nitrogens with zero attached hydrogens (tertiary/aromatic N) is 4. The topological polar surface area (TPSA) is 91.6 Å². The van der Waals surface area contributed by atoms with Gasteiger partial charge in [-0.3, -0.25) is 9.59 Å². The molecular weight excluding hydrogens is 358 g/mol. The number of carbonyl (C=O) groups is 2.